The van der Waals surface area contributed by atoms with Gasteiger partial charge in [0.1, 0.15) is 6.04 Å². The van der Waals surface area contributed by atoms with Crippen LogP contribution in [0, 0.1) is 0 Å². The van der Waals surface area contributed by atoms with Gasteiger partial charge in [0.2, 0.25) is 23.6 Å². The molecule has 1 aromatic rings. The summed E-state index contributed by atoms with van der Waals surface area (Å²) in [6, 6.07) is 5.93. The lowest BCUT2D eigenvalue weighted by Gasteiger charge is -2.41. The van der Waals surface area contributed by atoms with Crippen LogP contribution in [0.3, 0.4) is 0 Å². The Hall–Kier alpha value is -2.72. The Morgan fingerprint density at radius 1 is 1.16 bits per heavy atom. The van der Waals surface area contributed by atoms with E-state index in [2.05, 4.69) is 27.1 Å². The second kappa shape index (κ2) is 10.6. The van der Waals surface area contributed by atoms with Crippen LogP contribution in [0.5, 0.6) is 5.88 Å². The summed E-state index contributed by atoms with van der Waals surface area (Å²) >= 11 is 0. The lowest BCUT2D eigenvalue weighted by molar-refractivity contribution is -0.136. The van der Waals surface area contributed by atoms with E-state index in [1.807, 2.05) is 28.0 Å². The number of fused-ring (bicyclic) bond motifs is 1. The fraction of sp³-hybridized carbons (Fsp3) is 0.704. The Morgan fingerprint density at radius 2 is 1.89 bits per heavy atom. The first-order valence-corrected chi connectivity index (χ1v) is 13.6. The van der Waals surface area contributed by atoms with Crippen LogP contribution in [-0.4, -0.2) is 113 Å². The minimum atomic E-state index is -0.461. The monoisotopic (exact) mass is 512 g/mol. The Balaban J connectivity index is 1.17. The van der Waals surface area contributed by atoms with Crippen LogP contribution in [0.15, 0.2) is 18.2 Å². The number of hydrogen-bond donors (Lipinski definition) is 1. The number of piperidine rings is 2. The number of carbonyl (C=O) groups is 3. The van der Waals surface area contributed by atoms with E-state index >= 15 is 0 Å². The number of methoxy groups -OCH3 is 1. The molecule has 3 amide bonds. The average Bonchev–Trinajstić information content (AvgIpc) is 3.33. The molecule has 10 nitrogen and oxygen atoms in total. The molecule has 1 N–H and O–H groups in total. The molecular formula is C27H40N6O4. The van der Waals surface area contributed by atoms with Crippen molar-refractivity contribution in [3.63, 3.8) is 0 Å². The van der Waals surface area contributed by atoms with Crippen LogP contribution < -0.4 is 10.1 Å². The third kappa shape index (κ3) is 5.45. The van der Waals surface area contributed by atoms with Crippen molar-refractivity contribution in [3.05, 3.63) is 23.9 Å². The van der Waals surface area contributed by atoms with E-state index in [0.29, 0.717) is 31.3 Å². The molecule has 1 aromatic heterocycles. The first-order chi connectivity index (χ1) is 17.8. The normalized spacial score (nSPS) is 26.8. The summed E-state index contributed by atoms with van der Waals surface area (Å²) in [4.78, 5) is 51.5. The number of ether oxygens (including phenoxy) is 1. The molecule has 5 heterocycles. The highest BCUT2D eigenvalue weighted by Crippen LogP contribution is 2.34. The minimum absolute atomic E-state index is 0.00365. The smallest absolute Gasteiger partial charge is 0.243 e. The standard InChI is InChI=1S/C27H40N6O4/c1-19(34)32-11-7-21(8-12-32)30(2)22-15-23-26(36)29-27(16-25(35)33(23)18-22)9-13-31(14-10-27)17-20-5-4-6-24(28-20)37-3/h4-6,21-23H,7-18H2,1-3H3,(H,29,36)/t22-,23-/m0/s1. The highest BCUT2D eigenvalue weighted by atomic mass is 16.5. The molecule has 0 aromatic carbocycles. The zero-order chi connectivity index (χ0) is 26.2. The summed E-state index contributed by atoms with van der Waals surface area (Å²) in [5, 5.41) is 3.33. The van der Waals surface area contributed by atoms with Crippen LogP contribution in [0.4, 0.5) is 0 Å². The number of likely N-dealkylation sites (tertiary alicyclic amines) is 2. The number of nitrogens with one attached hydrogen (secondary N) is 1. The van der Waals surface area contributed by atoms with Gasteiger partial charge in [-0.05, 0) is 45.2 Å². The molecule has 0 unspecified atom stereocenters. The molecule has 0 radical (unpaired) electrons. The van der Waals surface area contributed by atoms with Gasteiger partial charge in [-0.3, -0.25) is 24.2 Å². The number of aromatic nitrogens is 1. The number of likely N-dealkylation sites (N-methyl/N-ethyl adjacent to an activating group) is 1. The molecule has 0 aliphatic carbocycles. The highest BCUT2D eigenvalue weighted by molar-refractivity contribution is 5.92. The summed E-state index contributed by atoms with van der Waals surface area (Å²) in [5.41, 5.74) is 0.497. The maximum atomic E-state index is 13.5. The molecule has 10 heteroatoms. The first-order valence-electron chi connectivity index (χ1n) is 13.6. The number of rotatable bonds is 5. The van der Waals surface area contributed by atoms with Gasteiger partial charge in [0, 0.05) is 64.3 Å². The molecular weight excluding hydrogens is 472 g/mol. The van der Waals surface area contributed by atoms with E-state index < -0.39 is 11.6 Å². The average molecular weight is 513 g/mol. The zero-order valence-corrected chi connectivity index (χ0v) is 22.3. The molecule has 2 atom stereocenters. The number of hydrogen-bond acceptors (Lipinski definition) is 7. The van der Waals surface area contributed by atoms with Crippen LogP contribution in [-0.2, 0) is 20.9 Å². The predicted molar refractivity (Wildman–Crippen MR) is 138 cm³/mol. The minimum Gasteiger partial charge on any atom is -0.481 e. The maximum Gasteiger partial charge on any atom is 0.243 e. The van der Waals surface area contributed by atoms with Crippen molar-refractivity contribution in [2.45, 2.75) is 75.7 Å². The van der Waals surface area contributed by atoms with E-state index in [1.165, 1.54) is 0 Å². The van der Waals surface area contributed by atoms with E-state index in [0.717, 1.165) is 64.1 Å². The molecule has 4 fully saturated rings. The number of nitrogens with zero attached hydrogens (tertiary/aromatic N) is 5. The third-order valence-electron chi connectivity index (χ3n) is 9.03. The molecule has 5 rings (SSSR count). The molecule has 37 heavy (non-hydrogen) atoms. The van der Waals surface area contributed by atoms with E-state index in [-0.39, 0.29) is 23.8 Å². The SMILES string of the molecule is COc1cccc(CN2CCC3(CC2)CC(=O)N2C[C@@H](N(C)C4CCN(C(C)=O)CC4)C[C@H]2C(=O)N3)n1. The number of pyridine rings is 1. The fourth-order valence-electron chi connectivity index (χ4n) is 6.63. The van der Waals surface area contributed by atoms with Crippen molar-refractivity contribution < 1.29 is 19.1 Å². The van der Waals surface area contributed by atoms with E-state index in [9.17, 15) is 14.4 Å². The molecule has 1 spiro atoms. The first kappa shape index (κ1) is 25.9. The summed E-state index contributed by atoms with van der Waals surface area (Å²) in [7, 11) is 3.73. The second-order valence-electron chi connectivity index (χ2n) is 11.2. The summed E-state index contributed by atoms with van der Waals surface area (Å²) in [5.74, 6) is 0.831. The second-order valence-corrected chi connectivity index (χ2v) is 11.2. The quantitative estimate of drug-likeness (QED) is 0.625. The summed E-state index contributed by atoms with van der Waals surface area (Å²) in [6.07, 6.45) is 4.42. The van der Waals surface area contributed by atoms with Crippen LogP contribution >= 0.6 is 0 Å². The number of carbonyl (C=O) groups excluding carboxylic acids is 3. The van der Waals surface area contributed by atoms with Gasteiger partial charge in [0.05, 0.1) is 24.8 Å². The van der Waals surface area contributed by atoms with Crippen molar-refractivity contribution in [1.29, 1.82) is 0 Å². The van der Waals surface area contributed by atoms with Gasteiger partial charge in [0.25, 0.3) is 0 Å². The van der Waals surface area contributed by atoms with Gasteiger partial charge in [-0.15, -0.1) is 0 Å². The molecule has 0 saturated carbocycles. The van der Waals surface area contributed by atoms with Gasteiger partial charge < -0.3 is 19.9 Å². The molecule has 0 bridgehead atoms. The zero-order valence-electron chi connectivity index (χ0n) is 22.3. The van der Waals surface area contributed by atoms with Gasteiger partial charge >= 0.3 is 0 Å². The lowest BCUT2D eigenvalue weighted by atomic mass is 9.84. The topological polar surface area (TPSA) is 98.3 Å². The van der Waals surface area contributed by atoms with Gasteiger partial charge in [-0.1, -0.05) is 6.07 Å². The Bertz CT molecular complexity index is 990. The Morgan fingerprint density at radius 3 is 2.57 bits per heavy atom. The van der Waals surface area contributed by atoms with Crippen molar-refractivity contribution in [3.8, 4) is 5.88 Å². The largest absolute Gasteiger partial charge is 0.481 e. The molecule has 4 saturated heterocycles. The fourth-order valence-corrected chi connectivity index (χ4v) is 6.63. The maximum absolute atomic E-state index is 13.5. The molecule has 202 valence electrons. The van der Waals surface area contributed by atoms with Crippen molar-refractivity contribution >= 4 is 17.7 Å². The van der Waals surface area contributed by atoms with Crippen LogP contribution in [0.25, 0.3) is 0 Å². The van der Waals surface area contributed by atoms with Gasteiger partial charge in [-0.25, -0.2) is 4.98 Å². The van der Waals surface area contributed by atoms with Gasteiger partial charge in [0.15, 0.2) is 0 Å². The predicted octanol–water partition coefficient (Wildman–Crippen LogP) is 0.857. The Kier molecular flexibility index (Phi) is 7.40. The van der Waals surface area contributed by atoms with Crippen molar-refractivity contribution in [2.75, 3.05) is 46.9 Å². The molecule has 4 aliphatic rings. The summed E-state index contributed by atoms with van der Waals surface area (Å²) in [6.45, 7) is 6.12. The summed E-state index contributed by atoms with van der Waals surface area (Å²) < 4.78 is 5.24. The van der Waals surface area contributed by atoms with Crippen LogP contribution in [0.1, 0.15) is 51.1 Å². The molecule has 4 aliphatic heterocycles. The van der Waals surface area contributed by atoms with Crippen molar-refractivity contribution in [2.24, 2.45) is 0 Å². The van der Waals surface area contributed by atoms with Gasteiger partial charge in [-0.2, -0.15) is 0 Å². The van der Waals surface area contributed by atoms with Crippen LogP contribution in [0.2, 0.25) is 0 Å². The highest BCUT2D eigenvalue weighted by Gasteiger charge is 2.50. The third-order valence-corrected chi connectivity index (χ3v) is 9.03. The lowest BCUT2D eigenvalue weighted by Crippen LogP contribution is -2.56. The Labute approximate surface area is 219 Å². The number of amides is 3. The van der Waals surface area contributed by atoms with Crippen molar-refractivity contribution in [1.82, 2.24) is 29.9 Å². The van der Waals surface area contributed by atoms with E-state index in [1.54, 1.807) is 14.0 Å². The van der Waals surface area contributed by atoms with E-state index in [4.69, 9.17) is 4.74 Å².